The lowest BCUT2D eigenvalue weighted by atomic mass is 10.3. The van der Waals surface area contributed by atoms with Gasteiger partial charge in [-0.3, -0.25) is 9.20 Å². The van der Waals surface area contributed by atoms with Crippen LogP contribution in [0.5, 0.6) is 0 Å². The Morgan fingerprint density at radius 1 is 1.23 bits per heavy atom. The zero-order valence-electron chi connectivity index (χ0n) is 6.70. The fourth-order valence-corrected chi connectivity index (χ4v) is 1.52. The number of pyridine rings is 2. The highest BCUT2D eigenvalue weighted by molar-refractivity contribution is 9.10. The van der Waals surface area contributed by atoms with Gasteiger partial charge in [0.1, 0.15) is 0 Å². The van der Waals surface area contributed by atoms with Crippen LogP contribution in [0.4, 0.5) is 5.69 Å². The van der Waals surface area contributed by atoms with E-state index in [1.165, 1.54) is 4.40 Å². The lowest BCUT2D eigenvalue weighted by Gasteiger charge is -2.01. The SMILES string of the molecule is Nc1ccc2ccc(Br)cn2c1=O. The van der Waals surface area contributed by atoms with Gasteiger partial charge in [0.2, 0.25) is 0 Å². The van der Waals surface area contributed by atoms with Crippen LogP contribution >= 0.6 is 15.9 Å². The number of anilines is 1. The van der Waals surface area contributed by atoms with Crippen LogP contribution in [0.25, 0.3) is 5.52 Å². The van der Waals surface area contributed by atoms with Gasteiger partial charge in [-0.05, 0) is 40.2 Å². The first-order chi connectivity index (χ1) is 6.18. The van der Waals surface area contributed by atoms with E-state index in [0.29, 0.717) is 0 Å². The molecule has 2 rings (SSSR count). The van der Waals surface area contributed by atoms with Gasteiger partial charge in [-0.1, -0.05) is 0 Å². The second-order valence-electron chi connectivity index (χ2n) is 2.74. The van der Waals surface area contributed by atoms with E-state index in [2.05, 4.69) is 15.9 Å². The smallest absolute Gasteiger partial charge is 0.278 e. The number of hydrogen-bond acceptors (Lipinski definition) is 2. The highest BCUT2D eigenvalue weighted by Crippen LogP contribution is 2.10. The Morgan fingerprint density at radius 2 is 1.92 bits per heavy atom. The summed E-state index contributed by atoms with van der Waals surface area (Å²) in [4.78, 5) is 11.5. The van der Waals surface area contributed by atoms with Crippen LogP contribution in [0.1, 0.15) is 0 Å². The van der Waals surface area contributed by atoms with Gasteiger partial charge < -0.3 is 5.73 Å². The molecule has 2 N–H and O–H groups in total. The quantitative estimate of drug-likeness (QED) is 0.759. The summed E-state index contributed by atoms with van der Waals surface area (Å²) >= 11 is 3.29. The molecule has 0 aliphatic heterocycles. The van der Waals surface area contributed by atoms with Gasteiger partial charge in [-0.15, -0.1) is 0 Å². The molecule has 0 bridgehead atoms. The molecule has 2 aromatic heterocycles. The Bertz CT molecular complexity index is 513. The molecule has 3 nitrogen and oxygen atoms in total. The third kappa shape index (κ3) is 1.33. The van der Waals surface area contributed by atoms with E-state index < -0.39 is 0 Å². The summed E-state index contributed by atoms with van der Waals surface area (Å²) in [5.74, 6) is 0. The Hall–Kier alpha value is -1.29. The van der Waals surface area contributed by atoms with Gasteiger partial charge >= 0.3 is 0 Å². The monoisotopic (exact) mass is 238 g/mol. The standard InChI is InChI=1S/C9H7BrN2O/c10-6-1-2-7-3-4-8(11)9(13)12(7)5-6/h1-5H,11H2. The molecule has 4 heteroatoms. The molecule has 13 heavy (non-hydrogen) atoms. The van der Waals surface area contributed by atoms with E-state index in [4.69, 9.17) is 5.73 Å². The van der Waals surface area contributed by atoms with Crippen molar-refractivity contribution in [2.24, 2.45) is 0 Å². The van der Waals surface area contributed by atoms with Crippen LogP contribution in [0, 0.1) is 0 Å². The fourth-order valence-electron chi connectivity index (χ4n) is 1.18. The molecule has 0 aromatic carbocycles. The third-order valence-corrected chi connectivity index (χ3v) is 2.31. The van der Waals surface area contributed by atoms with Crippen LogP contribution in [0.2, 0.25) is 0 Å². The van der Waals surface area contributed by atoms with Crippen molar-refractivity contribution in [2.75, 3.05) is 5.73 Å². The fraction of sp³-hybridized carbons (Fsp3) is 0. The van der Waals surface area contributed by atoms with Crippen LogP contribution in [0.3, 0.4) is 0 Å². The van der Waals surface area contributed by atoms with Crippen molar-refractivity contribution in [3.8, 4) is 0 Å². The maximum Gasteiger partial charge on any atom is 0.278 e. The maximum absolute atomic E-state index is 11.5. The molecule has 66 valence electrons. The van der Waals surface area contributed by atoms with Gasteiger partial charge in [0.25, 0.3) is 5.56 Å². The van der Waals surface area contributed by atoms with Crippen molar-refractivity contribution in [3.05, 3.63) is 45.3 Å². The molecule has 0 spiro atoms. The number of aromatic nitrogens is 1. The molecule has 0 radical (unpaired) electrons. The number of rotatable bonds is 0. The summed E-state index contributed by atoms with van der Waals surface area (Å²) in [6, 6.07) is 7.16. The van der Waals surface area contributed by atoms with Gasteiger partial charge in [0.15, 0.2) is 0 Å². The number of hydrogen-bond donors (Lipinski definition) is 1. The average Bonchev–Trinajstić information content (AvgIpc) is 2.12. The summed E-state index contributed by atoms with van der Waals surface area (Å²) in [7, 11) is 0. The lowest BCUT2D eigenvalue weighted by molar-refractivity contribution is 1.09. The molecule has 0 amide bonds. The first kappa shape index (κ1) is 8.31. The van der Waals surface area contributed by atoms with Crippen molar-refractivity contribution >= 4 is 27.1 Å². The van der Waals surface area contributed by atoms with E-state index >= 15 is 0 Å². The average molecular weight is 239 g/mol. The van der Waals surface area contributed by atoms with E-state index in [-0.39, 0.29) is 11.2 Å². The zero-order chi connectivity index (χ0) is 9.42. The largest absolute Gasteiger partial charge is 0.394 e. The van der Waals surface area contributed by atoms with E-state index in [9.17, 15) is 4.79 Å². The molecular weight excluding hydrogens is 232 g/mol. The molecule has 0 atom stereocenters. The first-order valence-electron chi connectivity index (χ1n) is 3.75. The highest BCUT2D eigenvalue weighted by atomic mass is 79.9. The molecule has 0 aliphatic carbocycles. The van der Waals surface area contributed by atoms with E-state index in [1.54, 1.807) is 12.3 Å². The molecule has 0 unspecified atom stereocenters. The number of halogens is 1. The third-order valence-electron chi connectivity index (χ3n) is 1.84. The second kappa shape index (κ2) is 2.88. The number of nitrogens with zero attached hydrogens (tertiary/aromatic N) is 1. The Balaban J connectivity index is 2.97. The zero-order valence-corrected chi connectivity index (χ0v) is 8.28. The Kier molecular flexibility index (Phi) is 1.84. The Labute approximate surface area is 82.9 Å². The number of nitrogens with two attached hydrogens (primary N) is 1. The van der Waals surface area contributed by atoms with Gasteiger partial charge in [-0.2, -0.15) is 0 Å². The van der Waals surface area contributed by atoms with Gasteiger partial charge in [0.05, 0.1) is 5.69 Å². The minimum Gasteiger partial charge on any atom is -0.394 e. The molecule has 0 aliphatic rings. The first-order valence-corrected chi connectivity index (χ1v) is 4.54. The van der Waals surface area contributed by atoms with Crippen LogP contribution in [0.15, 0.2) is 39.7 Å². The molecule has 0 fully saturated rings. The van der Waals surface area contributed by atoms with Crippen molar-refractivity contribution in [1.82, 2.24) is 4.40 Å². The van der Waals surface area contributed by atoms with Crippen molar-refractivity contribution < 1.29 is 0 Å². The van der Waals surface area contributed by atoms with Crippen LogP contribution in [-0.4, -0.2) is 4.40 Å². The number of nitrogen functional groups attached to an aromatic ring is 1. The summed E-state index contributed by atoms with van der Waals surface area (Å²) < 4.78 is 2.37. The summed E-state index contributed by atoms with van der Waals surface area (Å²) in [5, 5.41) is 0. The molecular formula is C9H7BrN2O. The number of fused-ring (bicyclic) bond motifs is 1. The van der Waals surface area contributed by atoms with Crippen molar-refractivity contribution in [3.63, 3.8) is 0 Å². The predicted molar refractivity (Wildman–Crippen MR) is 55.8 cm³/mol. The minimum absolute atomic E-state index is 0.182. The second-order valence-corrected chi connectivity index (χ2v) is 3.65. The topological polar surface area (TPSA) is 47.5 Å². The summed E-state index contributed by atoms with van der Waals surface area (Å²) in [6.07, 6.45) is 1.70. The molecule has 2 heterocycles. The van der Waals surface area contributed by atoms with Gasteiger partial charge in [-0.25, -0.2) is 0 Å². The summed E-state index contributed by atoms with van der Waals surface area (Å²) in [5.41, 5.74) is 6.40. The van der Waals surface area contributed by atoms with E-state index in [0.717, 1.165) is 9.99 Å². The normalized spacial score (nSPS) is 10.5. The van der Waals surface area contributed by atoms with Crippen LogP contribution in [-0.2, 0) is 0 Å². The maximum atomic E-state index is 11.5. The van der Waals surface area contributed by atoms with Crippen molar-refractivity contribution in [1.29, 1.82) is 0 Å². The predicted octanol–water partition coefficient (Wildman–Crippen LogP) is 1.64. The van der Waals surface area contributed by atoms with E-state index in [1.807, 2.05) is 18.2 Å². The van der Waals surface area contributed by atoms with Crippen LogP contribution < -0.4 is 11.3 Å². The molecule has 0 saturated carbocycles. The Morgan fingerprint density at radius 3 is 2.69 bits per heavy atom. The van der Waals surface area contributed by atoms with Crippen molar-refractivity contribution in [2.45, 2.75) is 0 Å². The molecule has 2 aromatic rings. The molecule has 0 saturated heterocycles. The summed E-state index contributed by atoms with van der Waals surface area (Å²) in [6.45, 7) is 0. The highest BCUT2D eigenvalue weighted by Gasteiger charge is 1.99. The van der Waals surface area contributed by atoms with Gasteiger partial charge in [0, 0.05) is 16.2 Å². The lowest BCUT2D eigenvalue weighted by Crippen LogP contribution is -2.16. The minimum atomic E-state index is -0.182.